The van der Waals surface area contributed by atoms with Gasteiger partial charge in [-0.15, -0.1) is 0 Å². The molecule has 2 atom stereocenters. The Morgan fingerprint density at radius 2 is 1.88 bits per heavy atom. The molecule has 2 N–H and O–H groups in total. The molecule has 1 aromatic carbocycles. The first-order valence-electron chi connectivity index (χ1n) is 9.28. The number of para-hydroxylation sites is 2. The van der Waals surface area contributed by atoms with Crippen LogP contribution in [0.15, 0.2) is 35.9 Å². The molecule has 0 bridgehead atoms. The molecule has 3 rings (SSSR count). The summed E-state index contributed by atoms with van der Waals surface area (Å²) in [6.45, 7) is 10.2. The molecule has 1 aliphatic heterocycles. The second-order valence-corrected chi connectivity index (χ2v) is 8.29. The lowest BCUT2D eigenvalue weighted by molar-refractivity contribution is -0.118. The maximum absolute atomic E-state index is 12.9. The first kappa shape index (κ1) is 18.0. The number of nitrogens with zero attached hydrogens (tertiary/aromatic N) is 1. The summed E-state index contributed by atoms with van der Waals surface area (Å²) >= 11 is 0. The third kappa shape index (κ3) is 3.74. The summed E-state index contributed by atoms with van der Waals surface area (Å²) in [5.41, 5.74) is 3.22. The van der Waals surface area contributed by atoms with Crippen LogP contribution < -0.4 is 10.2 Å². The lowest BCUT2D eigenvalue weighted by Crippen LogP contribution is -2.36. The van der Waals surface area contributed by atoms with Crippen molar-refractivity contribution in [2.75, 3.05) is 23.3 Å². The highest BCUT2D eigenvalue weighted by Crippen LogP contribution is 2.59. The molecule has 25 heavy (non-hydrogen) atoms. The topological polar surface area (TPSA) is 52.6 Å². The zero-order chi connectivity index (χ0) is 18.2. The van der Waals surface area contributed by atoms with Crippen molar-refractivity contribution in [1.29, 1.82) is 0 Å². The van der Waals surface area contributed by atoms with E-state index in [0.29, 0.717) is 5.92 Å². The number of amides is 1. The number of nitrogens with one attached hydrogen (secondary N) is 1. The molecule has 1 heterocycles. The number of carbonyl (C=O) groups excluding carboxylic acids is 1. The summed E-state index contributed by atoms with van der Waals surface area (Å²) in [5, 5.41) is 12.9. The van der Waals surface area contributed by atoms with E-state index in [1.807, 2.05) is 18.2 Å². The van der Waals surface area contributed by atoms with Crippen LogP contribution in [0.3, 0.4) is 0 Å². The van der Waals surface area contributed by atoms with Gasteiger partial charge in [-0.25, -0.2) is 0 Å². The van der Waals surface area contributed by atoms with Gasteiger partial charge >= 0.3 is 0 Å². The van der Waals surface area contributed by atoms with E-state index in [-0.39, 0.29) is 23.3 Å². The van der Waals surface area contributed by atoms with Gasteiger partial charge in [-0.2, -0.15) is 0 Å². The monoisotopic (exact) mass is 342 g/mol. The van der Waals surface area contributed by atoms with Crippen LogP contribution in [0.1, 0.15) is 40.5 Å². The molecule has 0 aromatic heterocycles. The highest BCUT2D eigenvalue weighted by atomic mass is 16.3. The van der Waals surface area contributed by atoms with Crippen LogP contribution in [0.2, 0.25) is 0 Å². The molecule has 136 valence electrons. The molecule has 1 saturated carbocycles. The maximum Gasteiger partial charge on any atom is 0.228 e. The van der Waals surface area contributed by atoms with Crippen molar-refractivity contribution in [3.63, 3.8) is 0 Å². The number of anilines is 2. The molecule has 1 aliphatic carbocycles. The van der Waals surface area contributed by atoms with E-state index in [1.54, 1.807) is 0 Å². The van der Waals surface area contributed by atoms with Crippen LogP contribution in [0, 0.1) is 17.3 Å². The van der Waals surface area contributed by atoms with E-state index in [4.69, 9.17) is 0 Å². The van der Waals surface area contributed by atoms with Gasteiger partial charge in [0.15, 0.2) is 0 Å². The van der Waals surface area contributed by atoms with Gasteiger partial charge in [0.25, 0.3) is 0 Å². The van der Waals surface area contributed by atoms with Crippen LogP contribution in [0.5, 0.6) is 0 Å². The van der Waals surface area contributed by atoms with E-state index >= 15 is 0 Å². The van der Waals surface area contributed by atoms with Crippen molar-refractivity contribution in [1.82, 2.24) is 0 Å². The van der Waals surface area contributed by atoms with Gasteiger partial charge in [-0.3, -0.25) is 4.79 Å². The number of hydrogen-bond donors (Lipinski definition) is 2. The van der Waals surface area contributed by atoms with Crippen molar-refractivity contribution < 1.29 is 9.90 Å². The minimum Gasteiger partial charge on any atom is -0.393 e. The predicted molar refractivity (Wildman–Crippen MR) is 103 cm³/mol. The molecule has 2 unspecified atom stereocenters. The Morgan fingerprint density at radius 3 is 2.52 bits per heavy atom. The number of aliphatic hydroxyl groups is 1. The molecule has 4 nitrogen and oxygen atoms in total. The normalized spacial score (nSPS) is 25.4. The standard InChI is InChI=1S/C21H30N2O2/c1-14(2)13-16-19(21(16,3)4)20(25)22-17-7-5-6-8-18(17)23-11-9-15(24)10-12-23/h5-8,13,15-16,19,24H,9-12H2,1-4H3,(H,22,25). The van der Waals surface area contributed by atoms with Crippen LogP contribution >= 0.6 is 0 Å². The van der Waals surface area contributed by atoms with Gasteiger partial charge in [-0.1, -0.05) is 37.6 Å². The number of piperidine rings is 1. The highest BCUT2D eigenvalue weighted by molar-refractivity contribution is 5.98. The number of benzene rings is 1. The lowest BCUT2D eigenvalue weighted by atomic mass is 10.1. The van der Waals surface area contributed by atoms with E-state index in [0.717, 1.165) is 37.3 Å². The number of hydrogen-bond acceptors (Lipinski definition) is 3. The summed E-state index contributed by atoms with van der Waals surface area (Å²) in [6.07, 6.45) is 3.58. The molecule has 4 heteroatoms. The van der Waals surface area contributed by atoms with E-state index in [9.17, 15) is 9.90 Å². The first-order chi connectivity index (χ1) is 11.8. The number of aliphatic hydroxyl groups excluding tert-OH is 1. The average molecular weight is 342 g/mol. The minimum absolute atomic E-state index is 0.0194. The predicted octanol–water partition coefficient (Wildman–Crippen LogP) is 3.82. The SMILES string of the molecule is CC(C)=CC1C(C(=O)Nc2ccccc2N2CCC(O)CC2)C1(C)C. The Bertz CT molecular complexity index is 668. The first-order valence-corrected chi connectivity index (χ1v) is 9.28. The molecule has 1 amide bonds. The Hall–Kier alpha value is -1.81. The van der Waals surface area contributed by atoms with Crippen LogP contribution in [-0.4, -0.2) is 30.2 Å². The van der Waals surface area contributed by atoms with Gasteiger partial charge in [-0.05, 0) is 50.2 Å². The van der Waals surface area contributed by atoms with Gasteiger partial charge in [0, 0.05) is 13.1 Å². The molecule has 2 aliphatic rings. The molecular weight excluding hydrogens is 312 g/mol. The van der Waals surface area contributed by atoms with Gasteiger partial charge in [0.1, 0.15) is 0 Å². The average Bonchev–Trinajstić information content (AvgIpc) is 3.08. The zero-order valence-electron chi connectivity index (χ0n) is 15.7. The third-order valence-corrected chi connectivity index (χ3v) is 5.67. The lowest BCUT2D eigenvalue weighted by Gasteiger charge is -2.32. The van der Waals surface area contributed by atoms with E-state index < -0.39 is 0 Å². The number of rotatable bonds is 4. The number of allylic oxidation sites excluding steroid dienone is 2. The largest absolute Gasteiger partial charge is 0.393 e. The Kier molecular flexibility index (Phi) is 4.92. The van der Waals surface area contributed by atoms with Crippen molar-refractivity contribution in [3.05, 3.63) is 35.9 Å². The Balaban J connectivity index is 1.73. The second kappa shape index (κ2) is 6.83. The maximum atomic E-state index is 12.9. The zero-order valence-corrected chi connectivity index (χ0v) is 15.7. The Morgan fingerprint density at radius 1 is 1.24 bits per heavy atom. The second-order valence-electron chi connectivity index (χ2n) is 8.29. The van der Waals surface area contributed by atoms with Crippen LogP contribution in [-0.2, 0) is 4.79 Å². The molecule has 0 radical (unpaired) electrons. The number of carbonyl (C=O) groups is 1. The fourth-order valence-electron chi connectivity index (χ4n) is 4.02. The van der Waals surface area contributed by atoms with Crippen LogP contribution in [0.25, 0.3) is 0 Å². The quantitative estimate of drug-likeness (QED) is 0.818. The molecular formula is C21H30N2O2. The minimum atomic E-state index is -0.199. The van der Waals surface area contributed by atoms with Crippen LogP contribution in [0.4, 0.5) is 11.4 Å². The molecule has 2 fully saturated rings. The fraction of sp³-hybridized carbons (Fsp3) is 0.571. The van der Waals surface area contributed by atoms with Gasteiger partial charge < -0.3 is 15.3 Å². The molecule has 0 spiro atoms. The van der Waals surface area contributed by atoms with Gasteiger partial charge in [0.2, 0.25) is 5.91 Å². The summed E-state index contributed by atoms with van der Waals surface area (Å²) in [4.78, 5) is 15.1. The van der Waals surface area contributed by atoms with Crippen molar-refractivity contribution in [3.8, 4) is 0 Å². The summed E-state index contributed by atoms with van der Waals surface area (Å²) in [7, 11) is 0. The fourth-order valence-corrected chi connectivity index (χ4v) is 4.02. The van der Waals surface area contributed by atoms with E-state index in [1.165, 1.54) is 5.57 Å². The third-order valence-electron chi connectivity index (χ3n) is 5.67. The summed E-state index contributed by atoms with van der Waals surface area (Å²) in [5.74, 6) is 0.449. The van der Waals surface area contributed by atoms with Crippen molar-refractivity contribution in [2.24, 2.45) is 17.3 Å². The van der Waals surface area contributed by atoms with Crippen molar-refractivity contribution >= 4 is 17.3 Å². The molecule has 1 aromatic rings. The summed E-state index contributed by atoms with van der Waals surface area (Å²) in [6, 6.07) is 8.00. The van der Waals surface area contributed by atoms with E-state index in [2.05, 4.69) is 50.1 Å². The van der Waals surface area contributed by atoms with Gasteiger partial charge in [0.05, 0.1) is 23.4 Å². The van der Waals surface area contributed by atoms with Crippen molar-refractivity contribution in [2.45, 2.75) is 46.6 Å². The smallest absolute Gasteiger partial charge is 0.228 e. The summed E-state index contributed by atoms with van der Waals surface area (Å²) < 4.78 is 0. The highest BCUT2D eigenvalue weighted by Gasteiger charge is 2.60. The molecule has 1 saturated heterocycles. The Labute approximate surface area is 150 Å².